The highest BCUT2D eigenvalue weighted by atomic mass is 127. The third-order valence-electron chi connectivity index (χ3n) is 3.74. The van der Waals surface area contributed by atoms with E-state index in [4.69, 9.17) is 0 Å². The number of carbonyl (C=O) groups excluding carboxylic acids is 1. The summed E-state index contributed by atoms with van der Waals surface area (Å²) in [5.74, 6) is 1.78. The van der Waals surface area contributed by atoms with E-state index < -0.39 is 0 Å². The number of pyridine rings is 1. The van der Waals surface area contributed by atoms with Crippen molar-refractivity contribution in [3.8, 4) is 0 Å². The average Bonchev–Trinajstić information content (AvgIpc) is 2.61. The maximum Gasteiger partial charge on any atom is 0.239 e. The van der Waals surface area contributed by atoms with Gasteiger partial charge in [-0.2, -0.15) is 0 Å². The first-order chi connectivity index (χ1) is 11.2. The minimum absolute atomic E-state index is 0. The van der Waals surface area contributed by atoms with Gasteiger partial charge in [-0.05, 0) is 18.6 Å². The Kier molecular flexibility index (Phi) is 9.43. The molecule has 24 heavy (non-hydrogen) atoms. The first-order valence-corrected chi connectivity index (χ1v) is 8.13. The maximum absolute atomic E-state index is 11.7. The second-order valence-corrected chi connectivity index (χ2v) is 5.41. The van der Waals surface area contributed by atoms with Crippen LogP contribution in [0.5, 0.6) is 0 Å². The van der Waals surface area contributed by atoms with E-state index in [0.29, 0.717) is 6.54 Å². The number of piperazine rings is 1. The van der Waals surface area contributed by atoms with E-state index in [9.17, 15) is 4.79 Å². The number of nitrogens with zero attached hydrogens (tertiary/aromatic N) is 4. The molecule has 2 N–H and O–H groups in total. The standard InChI is InChI=1S/C16H26N6O.HI/c1-3-7-19-15(23)13-20-16(17-2)22-11-9-21(10-12-22)14-6-4-5-8-18-14;/h4-6,8H,3,7,9-13H2,1-2H3,(H,17,20)(H,19,23);1H. The fourth-order valence-electron chi connectivity index (χ4n) is 2.51. The SMILES string of the molecule is CCCNC(=O)CNC(=NC)N1CCN(c2ccccn2)CC1.I. The summed E-state index contributed by atoms with van der Waals surface area (Å²) < 4.78 is 0. The molecule has 1 fully saturated rings. The zero-order valence-electron chi connectivity index (χ0n) is 14.4. The fraction of sp³-hybridized carbons (Fsp3) is 0.562. The number of rotatable bonds is 5. The van der Waals surface area contributed by atoms with Gasteiger partial charge >= 0.3 is 0 Å². The van der Waals surface area contributed by atoms with Crippen LogP contribution in [0.3, 0.4) is 0 Å². The third-order valence-corrected chi connectivity index (χ3v) is 3.74. The Bertz CT molecular complexity index is 517. The zero-order valence-corrected chi connectivity index (χ0v) is 16.7. The molecule has 2 rings (SSSR count). The normalized spacial score (nSPS) is 14.8. The molecule has 0 bridgehead atoms. The van der Waals surface area contributed by atoms with Crippen LogP contribution in [-0.4, -0.2) is 68.1 Å². The molecule has 0 saturated carbocycles. The summed E-state index contributed by atoms with van der Waals surface area (Å²) in [7, 11) is 1.75. The van der Waals surface area contributed by atoms with E-state index in [0.717, 1.165) is 44.4 Å². The van der Waals surface area contributed by atoms with Crippen molar-refractivity contribution in [1.82, 2.24) is 20.5 Å². The summed E-state index contributed by atoms with van der Waals surface area (Å²) >= 11 is 0. The lowest BCUT2D eigenvalue weighted by Gasteiger charge is -2.37. The van der Waals surface area contributed by atoms with Gasteiger partial charge in [0, 0.05) is 46.0 Å². The lowest BCUT2D eigenvalue weighted by Crippen LogP contribution is -2.53. The topological polar surface area (TPSA) is 72.9 Å². The van der Waals surface area contributed by atoms with Gasteiger partial charge in [-0.1, -0.05) is 13.0 Å². The largest absolute Gasteiger partial charge is 0.355 e. The van der Waals surface area contributed by atoms with Crippen molar-refractivity contribution in [2.24, 2.45) is 4.99 Å². The summed E-state index contributed by atoms with van der Waals surface area (Å²) in [6.45, 7) is 6.49. The molecule has 0 atom stereocenters. The van der Waals surface area contributed by atoms with Gasteiger partial charge in [0.2, 0.25) is 5.91 Å². The van der Waals surface area contributed by atoms with E-state index in [1.807, 2.05) is 31.3 Å². The number of guanidine groups is 1. The van der Waals surface area contributed by atoms with Crippen molar-refractivity contribution in [3.63, 3.8) is 0 Å². The van der Waals surface area contributed by atoms with Crippen LogP contribution in [0.1, 0.15) is 13.3 Å². The van der Waals surface area contributed by atoms with Crippen LogP contribution in [-0.2, 0) is 4.79 Å². The molecule has 8 heteroatoms. The maximum atomic E-state index is 11.7. The quantitative estimate of drug-likeness (QED) is 0.400. The predicted octanol–water partition coefficient (Wildman–Crippen LogP) is 0.923. The molecule has 2 heterocycles. The van der Waals surface area contributed by atoms with Gasteiger partial charge < -0.3 is 20.4 Å². The summed E-state index contributed by atoms with van der Waals surface area (Å²) in [6, 6.07) is 5.96. The molecule has 7 nitrogen and oxygen atoms in total. The zero-order chi connectivity index (χ0) is 16.5. The highest BCUT2D eigenvalue weighted by Crippen LogP contribution is 2.12. The Hall–Kier alpha value is -1.58. The minimum atomic E-state index is 0. The Morgan fingerprint density at radius 2 is 2.00 bits per heavy atom. The molecule has 0 unspecified atom stereocenters. The summed E-state index contributed by atoms with van der Waals surface area (Å²) in [5, 5.41) is 5.98. The lowest BCUT2D eigenvalue weighted by molar-refractivity contribution is -0.120. The van der Waals surface area contributed by atoms with Crippen molar-refractivity contribution in [2.45, 2.75) is 13.3 Å². The number of aliphatic imine (C=N–C) groups is 1. The Morgan fingerprint density at radius 3 is 2.58 bits per heavy atom. The van der Waals surface area contributed by atoms with Crippen LogP contribution >= 0.6 is 24.0 Å². The first kappa shape index (κ1) is 20.5. The molecule has 1 amide bonds. The molecular weight excluding hydrogens is 419 g/mol. The fourth-order valence-corrected chi connectivity index (χ4v) is 2.51. The second kappa shape index (κ2) is 11.1. The van der Waals surface area contributed by atoms with Gasteiger partial charge in [-0.3, -0.25) is 9.79 Å². The number of carbonyl (C=O) groups is 1. The van der Waals surface area contributed by atoms with E-state index in [1.165, 1.54) is 0 Å². The molecule has 1 saturated heterocycles. The Balaban J connectivity index is 0.00000288. The highest BCUT2D eigenvalue weighted by molar-refractivity contribution is 14.0. The highest BCUT2D eigenvalue weighted by Gasteiger charge is 2.20. The number of amides is 1. The number of halogens is 1. The molecule has 1 aromatic heterocycles. The Morgan fingerprint density at radius 1 is 1.25 bits per heavy atom. The van der Waals surface area contributed by atoms with Crippen LogP contribution in [0.15, 0.2) is 29.4 Å². The smallest absolute Gasteiger partial charge is 0.239 e. The van der Waals surface area contributed by atoms with Crippen molar-refractivity contribution >= 4 is 41.7 Å². The van der Waals surface area contributed by atoms with E-state index in [2.05, 4.69) is 30.4 Å². The van der Waals surface area contributed by atoms with E-state index >= 15 is 0 Å². The molecule has 0 aromatic carbocycles. The van der Waals surface area contributed by atoms with Crippen molar-refractivity contribution in [1.29, 1.82) is 0 Å². The number of anilines is 1. The monoisotopic (exact) mass is 446 g/mol. The molecular formula is C16H27IN6O. The van der Waals surface area contributed by atoms with Crippen molar-refractivity contribution in [3.05, 3.63) is 24.4 Å². The van der Waals surface area contributed by atoms with Gasteiger partial charge in [0.05, 0.1) is 6.54 Å². The summed E-state index contributed by atoms with van der Waals surface area (Å²) in [5.41, 5.74) is 0. The Labute approximate surface area is 160 Å². The van der Waals surface area contributed by atoms with Crippen LogP contribution < -0.4 is 15.5 Å². The van der Waals surface area contributed by atoms with Gasteiger partial charge in [-0.25, -0.2) is 4.98 Å². The van der Waals surface area contributed by atoms with E-state index in [1.54, 1.807) is 7.05 Å². The summed E-state index contributed by atoms with van der Waals surface area (Å²) in [6.07, 6.45) is 2.76. The van der Waals surface area contributed by atoms with Crippen molar-refractivity contribution in [2.75, 3.05) is 51.2 Å². The molecule has 0 spiro atoms. The number of hydrogen-bond acceptors (Lipinski definition) is 4. The van der Waals surface area contributed by atoms with Crippen LogP contribution in [0.4, 0.5) is 5.82 Å². The number of nitrogens with one attached hydrogen (secondary N) is 2. The van der Waals surface area contributed by atoms with Gasteiger partial charge in [0.1, 0.15) is 5.82 Å². The molecule has 0 radical (unpaired) electrons. The molecule has 1 aliphatic heterocycles. The van der Waals surface area contributed by atoms with Crippen LogP contribution in [0, 0.1) is 0 Å². The van der Waals surface area contributed by atoms with Gasteiger partial charge in [-0.15, -0.1) is 24.0 Å². The summed E-state index contributed by atoms with van der Waals surface area (Å²) in [4.78, 5) is 24.8. The molecule has 134 valence electrons. The molecule has 0 aliphatic carbocycles. The number of hydrogen-bond donors (Lipinski definition) is 2. The van der Waals surface area contributed by atoms with Crippen LogP contribution in [0.25, 0.3) is 0 Å². The van der Waals surface area contributed by atoms with Crippen molar-refractivity contribution < 1.29 is 4.79 Å². The van der Waals surface area contributed by atoms with Gasteiger partial charge in [0.25, 0.3) is 0 Å². The second-order valence-electron chi connectivity index (χ2n) is 5.41. The minimum Gasteiger partial charge on any atom is -0.355 e. The molecule has 1 aliphatic rings. The average molecular weight is 446 g/mol. The van der Waals surface area contributed by atoms with Crippen LogP contribution in [0.2, 0.25) is 0 Å². The predicted molar refractivity (Wildman–Crippen MR) is 108 cm³/mol. The third kappa shape index (κ3) is 6.14. The van der Waals surface area contributed by atoms with Gasteiger partial charge in [0.15, 0.2) is 5.96 Å². The molecule has 1 aromatic rings. The van der Waals surface area contributed by atoms with E-state index in [-0.39, 0.29) is 36.4 Å². The number of aromatic nitrogens is 1. The lowest BCUT2D eigenvalue weighted by atomic mass is 10.3. The first-order valence-electron chi connectivity index (χ1n) is 8.13.